The van der Waals surface area contributed by atoms with Crippen LogP contribution in [0.4, 0.5) is 23.8 Å². The van der Waals surface area contributed by atoms with Crippen molar-refractivity contribution in [3.63, 3.8) is 0 Å². The Hall–Kier alpha value is -3.04. The molecule has 2 aliphatic rings. The number of benzene rings is 1. The van der Waals surface area contributed by atoms with Gasteiger partial charge in [0.1, 0.15) is 11.4 Å². The Morgan fingerprint density at radius 2 is 1.89 bits per heavy atom. The summed E-state index contributed by atoms with van der Waals surface area (Å²) in [6.45, 7) is 9.34. The van der Waals surface area contributed by atoms with E-state index in [4.69, 9.17) is 4.74 Å². The van der Waals surface area contributed by atoms with Crippen LogP contribution in [0.15, 0.2) is 18.2 Å². The van der Waals surface area contributed by atoms with Gasteiger partial charge in [-0.3, -0.25) is 0 Å². The topological polar surface area (TPSA) is 78.8 Å². The number of ether oxygens (including phenoxy) is 1. The molecule has 1 aromatic heterocycles. The molecule has 0 spiro atoms. The Balaban J connectivity index is 1.60. The molecule has 1 saturated heterocycles. The number of aromatic nitrogens is 2. The van der Waals surface area contributed by atoms with Gasteiger partial charge in [0, 0.05) is 36.8 Å². The van der Waals surface area contributed by atoms with Crippen molar-refractivity contribution in [2.24, 2.45) is 0 Å². The highest BCUT2D eigenvalue weighted by Gasteiger charge is 2.35. The van der Waals surface area contributed by atoms with Crippen LogP contribution in [0.3, 0.4) is 0 Å². The average molecular weight is 493 g/mol. The van der Waals surface area contributed by atoms with Gasteiger partial charge >= 0.3 is 12.3 Å². The molecule has 0 bridgehead atoms. The molecule has 1 amide bonds. The molecule has 3 heterocycles. The van der Waals surface area contributed by atoms with Crippen molar-refractivity contribution in [1.29, 1.82) is 0 Å². The smallest absolute Gasteiger partial charge is 0.416 e. The first-order chi connectivity index (χ1) is 16.3. The number of hydrogen-bond donors (Lipinski definition) is 1. The first-order valence-electron chi connectivity index (χ1n) is 11.9. The van der Waals surface area contributed by atoms with Gasteiger partial charge < -0.3 is 19.6 Å². The number of anilines is 1. The normalized spacial score (nSPS) is 18.9. The second-order valence-electron chi connectivity index (χ2n) is 10.2. The molecule has 10 heteroatoms. The van der Waals surface area contributed by atoms with E-state index in [0.717, 1.165) is 61.3 Å². The van der Waals surface area contributed by atoms with Crippen LogP contribution in [0, 0.1) is 6.92 Å². The number of carbonyl (C=O) groups is 1. The van der Waals surface area contributed by atoms with Crippen LogP contribution in [0.2, 0.25) is 0 Å². The van der Waals surface area contributed by atoms with Crippen molar-refractivity contribution < 1.29 is 27.8 Å². The van der Waals surface area contributed by atoms with Gasteiger partial charge in [-0.25, -0.2) is 4.79 Å². The first kappa shape index (κ1) is 25.1. The number of hydrogen-bond acceptors (Lipinski definition) is 6. The monoisotopic (exact) mass is 492 g/mol. The van der Waals surface area contributed by atoms with Crippen LogP contribution in [0.1, 0.15) is 56.7 Å². The molecule has 1 atom stereocenters. The summed E-state index contributed by atoms with van der Waals surface area (Å²) in [5.41, 5.74) is 0.863. The van der Waals surface area contributed by atoms with Gasteiger partial charge in [0.15, 0.2) is 5.82 Å². The van der Waals surface area contributed by atoms with Gasteiger partial charge in [-0.15, -0.1) is 10.2 Å². The Morgan fingerprint density at radius 1 is 1.14 bits per heavy atom. The zero-order valence-electron chi connectivity index (χ0n) is 20.4. The lowest BCUT2D eigenvalue weighted by molar-refractivity contribution is -0.137. The van der Waals surface area contributed by atoms with E-state index in [1.54, 1.807) is 4.90 Å². The molecule has 2 aromatic rings. The Morgan fingerprint density at radius 3 is 2.54 bits per heavy atom. The maximum Gasteiger partial charge on any atom is 0.416 e. The maximum absolute atomic E-state index is 13.0. The van der Waals surface area contributed by atoms with Gasteiger partial charge in [0.25, 0.3) is 0 Å². The summed E-state index contributed by atoms with van der Waals surface area (Å²) < 4.78 is 44.6. The number of aromatic hydroxyl groups is 1. The molecule has 4 rings (SSSR count). The van der Waals surface area contributed by atoms with Crippen molar-refractivity contribution in [3.05, 3.63) is 34.9 Å². The lowest BCUT2D eigenvalue weighted by Crippen LogP contribution is -2.52. The number of piperidine rings is 1. The second kappa shape index (κ2) is 9.20. The number of likely N-dealkylation sites (tertiary alicyclic amines) is 1. The van der Waals surface area contributed by atoms with Crippen molar-refractivity contribution in [2.75, 3.05) is 24.5 Å². The van der Waals surface area contributed by atoms with Crippen LogP contribution < -0.4 is 4.90 Å². The minimum absolute atomic E-state index is 0.0642. The van der Waals surface area contributed by atoms with E-state index in [0.29, 0.717) is 18.8 Å². The third-order valence-corrected chi connectivity index (χ3v) is 6.49. The molecule has 1 N–H and O–H groups in total. The summed E-state index contributed by atoms with van der Waals surface area (Å²) in [6.07, 6.45) is -1.49. The molecule has 0 radical (unpaired) electrons. The number of amides is 1. The Bertz CT molecular complexity index is 1110. The highest BCUT2D eigenvalue weighted by Crippen LogP contribution is 2.39. The number of phenolic OH excluding ortho intramolecular Hbond substituents is 1. The second-order valence-corrected chi connectivity index (χ2v) is 10.2. The number of alkyl halides is 3. The largest absolute Gasteiger partial charge is 0.507 e. The minimum Gasteiger partial charge on any atom is -0.507 e. The fourth-order valence-corrected chi connectivity index (χ4v) is 4.83. The molecule has 35 heavy (non-hydrogen) atoms. The molecule has 1 aromatic carbocycles. The highest BCUT2D eigenvalue weighted by molar-refractivity contribution is 5.73. The summed E-state index contributed by atoms with van der Waals surface area (Å²) in [5.74, 6) is 0.255. The van der Waals surface area contributed by atoms with E-state index in [-0.39, 0.29) is 17.7 Å². The quantitative estimate of drug-likeness (QED) is 0.611. The molecule has 0 aliphatic carbocycles. The number of nitrogens with zero attached hydrogens (tertiary/aromatic N) is 4. The molecule has 7 nitrogen and oxygen atoms in total. The van der Waals surface area contributed by atoms with E-state index in [2.05, 4.69) is 15.1 Å². The van der Waals surface area contributed by atoms with Gasteiger partial charge in [-0.2, -0.15) is 13.2 Å². The van der Waals surface area contributed by atoms with Crippen LogP contribution in [-0.4, -0.2) is 57.6 Å². The SMILES string of the molecule is Cc1c(-c2ccc(C(F)(F)F)cc2O)nnc2c1CCCN2[C@@H]1CCCN(C(=O)OC(C)(C)C)C1. The summed E-state index contributed by atoms with van der Waals surface area (Å²) in [5, 5.41) is 19.1. The van der Waals surface area contributed by atoms with E-state index < -0.39 is 23.1 Å². The molecular formula is C25H31F3N4O3. The summed E-state index contributed by atoms with van der Waals surface area (Å²) in [7, 11) is 0. The fraction of sp³-hybridized carbons (Fsp3) is 0.560. The summed E-state index contributed by atoms with van der Waals surface area (Å²) in [4.78, 5) is 16.5. The van der Waals surface area contributed by atoms with Gasteiger partial charge in [0.2, 0.25) is 0 Å². The van der Waals surface area contributed by atoms with Crippen molar-refractivity contribution in [1.82, 2.24) is 15.1 Å². The third-order valence-electron chi connectivity index (χ3n) is 6.49. The summed E-state index contributed by atoms with van der Waals surface area (Å²) >= 11 is 0. The predicted molar refractivity (Wildman–Crippen MR) is 125 cm³/mol. The van der Waals surface area contributed by atoms with Crippen LogP contribution >= 0.6 is 0 Å². The zero-order valence-corrected chi connectivity index (χ0v) is 20.4. The van der Waals surface area contributed by atoms with Gasteiger partial charge in [-0.1, -0.05) is 0 Å². The summed E-state index contributed by atoms with van der Waals surface area (Å²) in [6, 6.07) is 2.96. The van der Waals surface area contributed by atoms with Crippen molar-refractivity contribution in [3.8, 4) is 17.0 Å². The van der Waals surface area contributed by atoms with Gasteiger partial charge in [-0.05, 0) is 77.1 Å². The van der Waals surface area contributed by atoms with Crippen molar-refractivity contribution in [2.45, 2.75) is 71.2 Å². The van der Waals surface area contributed by atoms with E-state index in [1.165, 1.54) is 6.07 Å². The lowest BCUT2D eigenvalue weighted by Gasteiger charge is -2.42. The highest BCUT2D eigenvalue weighted by atomic mass is 19.4. The first-order valence-corrected chi connectivity index (χ1v) is 11.9. The van der Waals surface area contributed by atoms with E-state index >= 15 is 0 Å². The molecular weight excluding hydrogens is 461 g/mol. The molecule has 2 aliphatic heterocycles. The minimum atomic E-state index is -4.54. The molecule has 0 unspecified atom stereocenters. The fourth-order valence-electron chi connectivity index (χ4n) is 4.83. The Kier molecular flexibility index (Phi) is 6.59. The molecule has 190 valence electrons. The molecule has 0 saturated carbocycles. The Labute approximate surface area is 202 Å². The predicted octanol–water partition coefficient (Wildman–Crippen LogP) is 5.33. The number of carbonyl (C=O) groups excluding carboxylic acids is 1. The molecule has 1 fully saturated rings. The maximum atomic E-state index is 13.0. The number of rotatable bonds is 2. The van der Waals surface area contributed by atoms with E-state index in [1.807, 2.05) is 27.7 Å². The number of fused-ring (bicyclic) bond motifs is 1. The van der Waals surface area contributed by atoms with Crippen LogP contribution in [-0.2, 0) is 17.3 Å². The standard InChI is InChI=1S/C25H31F3N4O3/c1-15-18-8-6-12-32(17-7-5-11-31(14-17)23(34)35-24(2,3)4)22(18)30-29-21(15)19-10-9-16(13-20(19)33)25(26,27)28/h9-10,13,17,33H,5-8,11-12,14H2,1-4H3/t17-/m1/s1. The third kappa shape index (κ3) is 5.31. The lowest BCUT2D eigenvalue weighted by atomic mass is 9.94. The van der Waals surface area contributed by atoms with Crippen LogP contribution in [0.25, 0.3) is 11.3 Å². The number of phenols is 1. The number of halogens is 3. The van der Waals surface area contributed by atoms with Gasteiger partial charge in [0.05, 0.1) is 11.3 Å². The van der Waals surface area contributed by atoms with E-state index in [9.17, 15) is 23.1 Å². The zero-order chi connectivity index (χ0) is 25.5. The van der Waals surface area contributed by atoms with Crippen LogP contribution in [0.5, 0.6) is 5.75 Å². The average Bonchev–Trinajstić information content (AvgIpc) is 2.78. The van der Waals surface area contributed by atoms with Crippen molar-refractivity contribution >= 4 is 11.9 Å².